The van der Waals surface area contributed by atoms with Crippen LogP contribution in [0.2, 0.25) is 10.0 Å². The third-order valence-electron chi connectivity index (χ3n) is 2.72. The first-order valence-electron chi connectivity index (χ1n) is 6.44. The minimum absolute atomic E-state index is 0.0976. The largest absolute Gasteiger partial charge is 0.385 e. The zero-order valence-electron chi connectivity index (χ0n) is 12.3. The first-order valence-corrected chi connectivity index (χ1v) is 9.05. The smallest absolute Gasteiger partial charge is 0.240 e. The van der Waals surface area contributed by atoms with Gasteiger partial charge in [-0.3, -0.25) is 9.10 Å². The van der Waals surface area contributed by atoms with Crippen LogP contribution in [0.25, 0.3) is 0 Å². The Kier molecular flexibility index (Phi) is 7.41. The Morgan fingerprint density at radius 2 is 1.91 bits per heavy atom. The number of rotatable bonds is 8. The van der Waals surface area contributed by atoms with E-state index in [9.17, 15) is 13.2 Å². The molecular weight excluding hydrogens is 351 g/mol. The van der Waals surface area contributed by atoms with Gasteiger partial charge in [-0.2, -0.15) is 0 Å². The lowest BCUT2D eigenvalue weighted by Gasteiger charge is -2.23. The number of carbonyl (C=O) groups is 1. The van der Waals surface area contributed by atoms with Crippen LogP contribution in [0, 0.1) is 0 Å². The zero-order valence-corrected chi connectivity index (χ0v) is 14.6. The summed E-state index contributed by atoms with van der Waals surface area (Å²) in [4.78, 5) is 11.9. The highest BCUT2D eigenvalue weighted by Crippen LogP contribution is 2.34. The molecule has 1 amide bonds. The summed E-state index contributed by atoms with van der Waals surface area (Å²) in [6.07, 6.45) is 1.62. The molecule has 0 aliphatic rings. The molecule has 0 bridgehead atoms. The molecule has 124 valence electrons. The van der Waals surface area contributed by atoms with E-state index in [-0.39, 0.29) is 15.7 Å². The van der Waals surface area contributed by atoms with Gasteiger partial charge in [0.05, 0.1) is 22.0 Å². The molecule has 1 N–H and O–H groups in total. The summed E-state index contributed by atoms with van der Waals surface area (Å²) in [6, 6.07) is 4.62. The van der Waals surface area contributed by atoms with E-state index in [1.807, 2.05) is 0 Å². The molecule has 22 heavy (non-hydrogen) atoms. The average Bonchev–Trinajstić information content (AvgIpc) is 2.41. The van der Waals surface area contributed by atoms with Crippen molar-refractivity contribution in [3.05, 3.63) is 28.2 Å². The number of nitrogens with zero attached hydrogens (tertiary/aromatic N) is 1. The summed E-state index contributed by atoms with van der Waals surface area (Å²) in [5.74, 6) is -0.447. The number of ether oxygens (including phenoxy) is 1. The minimum atomic E-state index is -3.71. The van der Waals surface area contributed by atoms with Crippen molar-refractivity contribution < 1.29 is 17.9 Å². The molecule has 0 aromatic heterocycles. The van der Waals surface area contributed by atoms with Crippen LogP contribution in [0.5, 0.6) is 0 Å². The normalized spacial score (nSPS) is 11.3. The van der Waals surface area contributed by atoms with Crippen molar-refractivity contribution in [3.63, 3.8) is 0 Å². The second-order valence-corrected chi connectivity index (χ2v) is 7.26. The van der Waals surface area contributed by atoms with Gasteiger partial charge in [0.25, 0.3) is 0 Å². The van der Waals surface area contributed by atoms with Crippen LogP contribution in [0.1, 0.15) is 6.42 Å². The molecule has 0 saturated carbocycles. The number of benzene rings is 1. The van der Waals surface area contributed by atoms with Gasteiger partial charge >= 0.3 is 0 Å². The maximum atomic E-state index is 12.0. The standard InChI is InChI=1S/C13H18Cl2N2O4S/c1-21-8-4-7-16-12(18)9-17(22(2,19)20)13-10(14)5-3-6-11(13)15/h3,5-6H,4,7-9H2,1-2H3,(H,16,18). The van der Waals surface area contributed by atoms with Gasteiger partial charge in [0.15, 0.2) is 0 Å². The van der Waals surface area contributed by atoms with E-state index in [4.69, 9.17) is 27.9 Å². The topological polar surface area (TPSA) is 75.7 Å². The average molecular weight is 369 g/mol. The van der Waals surface area contributed by atoms with E-state index in [0.29, 0.717) is 19.6 Å². The Balaban J connectivity index is 2.90. The number of hydrogen-bond acceptors (Lipinski definition) is 4. The first kappa shape index (κ1) is 19.0. The van der Waals surface area contributed by atoms with Gasteiger partial charge in [-0.1, -0.05) is 29.3 Å². The maximum absolute atomic E-state index is 12.0. The van der Waals surface area contributed by atoms with Gasteiger partial charge < -0.3 is 10.1 Å². The predicted octanol–water partition coefficient (Wildman–Crippen LogP) is 1.91. The number of halogens is 2. The molecule has 0 aliphatic heterocycles. The number of para-hydroxylation sites is 1. The quantitative estimate of drug-likeness (QED) is 0.711. The molecule has 0 fully saturated rings. The number of anilines is 1. The predicted molar refractivity (Wildman–Crippen MR) is 88.2 cm³/mol. The summed E-state index contributed by atoms with van der Waals surface area (Å²) in [6.45, 7) is 0.502. The van der Waals surface area contributed by atoms with Crippen molar-refractivity contribution in [2.24, 2.45) is 0 Å². The SMILES string of the molecule is COCCCNC(=O)CN(c1c(Cl)cccc1Cl)S(C)(=O)=O. The molecule has 9 heteroatoms. The van der Waals surface area contributed by atoms with Crippen LogP contribution in [-0.4, -0.2) is 47.4 Å². The van der Waals surface area contributed by atoms with Gasteiger partial charge in [-0.05, 0) is 18.6 Å². The highest BCUT2D eigenvalue weighted by molar-refractivity contribution is 7.92. The fourth-order valence-corrected chi connectivity index (χ4v) is 3.30. The lowest BCUT2D eigenvalue weighted by molar-refractivity contribution is -0.119. The number of methoxy groups -OCH3 is 1. The van der Waals surface area contributed by atoms with Crippen LogP contribution in [0.15, 0.2) is 18.2 Å². The number of hydrogen-bond donors (Lipinski definition) is 1. The van der Waals surface area contributed by atoms with Gasteiger partial charge in [0, 0.05) is 20.3 Å². The summed E-state index contributed by atoms with van der Waals surface area (Å²) < 4.78 is 29.7. The Labute approximate surface area is 140 Å². The second kappa shape index (κ2) is 8.57. The highest BCUT2D eigenvalue weighted by atomic mass is 35.5. The summed E-state index contributed by atoms with van der Waals surface area (Å²) in [5.41, 5.74) is 0.0976. The summed E-state index contributed by atoms with van der Waals surface area (Å²) >= 11 is 12.0. The van der Waals surface area contributed by atoms with Crippen LogP contribution in [-0.2, 0) is 19.6 Å². The minimum Gasteiger partial charge on any atom is -0.385 e. The van der Waals surface area contributed by atoms with E-state index < -0.39 is 22.5 Å². The third-order valence-corrected chi connectivity index (χ3v) is 4.44. The molecule has 1 aromatic carbocycles. The van der Waals surface area contributed by atoms with Crippen molar-refractivity contribution >= 4 is 44.8 Å². The Morgan fingerprint density at radius 3 is 2.41 bits per heavy atom. The molecule has 0 radical (unpaired) electrons. The zero-order chi connectivity index (χ0) is 16.8. The van der Waals surface area contributed by atoms with Crippen molar-refractivity contribution in [3.8, 4) is 0 Å². The monoisotopic (exact) mass is 368 g/mol. The van der Waals surface area contributed by atoms with Crippen molar-refractivity contribution in [2.75, 3.05) is 37.4 Å². The van der Waals surface area contributed by atoms with Crippen molar-refractivity contribution in [1.29, 1.82) is 0 Å². The summed E-state index contributed by atoms with van der Waals surface area (Å²) in [7, 11) is -2.15. The van der Waals surface area contributed by atoms with Crippen LogP contribution in [0.3, 0.4) is 0 Å². The molecule has 0 unspecified atom stereocenters. The Hall–Kier alpha value is -1.02. The second-order valence-electron chi connectivity index (χ2n) is 4.54. The van der Waals surface area contributed by atoms with Crippen LogP contribution >= 0.6 is 23.2 Å². The van der Waals surface area contributed by atoms with E-state index >= 15 is 0 Å². The molecule has 0 heterocycles. The van der Waals surface area contributed by atoms with E-state index in [1.54, 1.807) is 13.2 Å². The lowest BCUT2D eigenvalue weighted by Crippen LogP contribution is -2.41. The Bertz CT molecular complexity index is 602. The number of nitrogens with one attached hydrogen (secondary N) is 1. The maximum Gasteiger partial charge on any atom is 0.240 e. The fraction of sp³-hybridized carbons (Fsp3) is 0.462. The van der Waals surface area contributed by atoms with Gasteiger partial charge in [0.2, 0.25) is 15.9 Å². The van der Waals surface area contributed by atoms with Crippen LogP contribution < -0.4 is 9.62 Å². The third kappa shape index (κ3) is 5.64. The van der Waals surface area contributed by atoms with Crippen LogP contribution in [0.4, 0.5) is 5.69 Å². The number of carbonyl (C=O) groups excluding carboxylic acids is 1. The van der Waals surface area contributed by atoms with E-state index in [1.165, 1.54) is 12.1 Å². The molecule has 1 aromatic rings. The molecular formula is C13H18Cl2N2O4S. The molecule has 0 spiro atoms. The highest BCUT2D eigenvalue weighted by Gasteiger charge is 2.25. The Morgan fingerprint density at radius 1 is 1.32 bits per heavy atom. The number of sulfonamides is 1. The molecule has 0 aliphatic carbocycles. The molecule has 0 saturated heterocycles. The fourth-order valence-electron chi connectivity index (χ4n) is 1.72. The van der Waals surface area contributed by atoms with Gasteiger partial charge in [-0.25, -0.2) is 8.42 Å². The van der Waals surface area contributed by atoms with Gasteiger partial charge in [0.1, 0.15) is 6.54 Å². The van der Waals surface area contributed by atoms with Gasteiger partial charge in [-0.15, -0.1) is 0 Å². The van der Waals surface area contributed by atoms with E-state index in [0.717, 1.165) is 10.6 Å². The van der Waals surface area contributed by atoms with Crippen molar-refractivity contribution in [1.82, 2.24) is 5.32 Å². The lowest BCUT2D eigenvalue weighted by atomic mass is 10.3. The molecule has 6 nitrogen and oxygen atoms in total. The molecule has 1 rings (SSSR count). The summed E-state index contributed by atoms with van der Waals surface area (Å²) in [5, 5.41) is 2.93. The van der Waals surface area contributed by atoms with Crippen molar-refractivity contribution in [2.45, 2.75) is 6.42 Å². The number of amides is 1. The van der Waals surface area contributed by atoms with E-state index in [2.05, 4.69) is 5.32 Å². The first-order chi connectivity index (χ1) is 10.3. The molecule has 0 atom stereocenters.